The van der Waals surface area contributed by atoms with Gasteiger partial charge in [-0.1, -0.05) is 47.0 Å². The highest BCUT2D eigenvalue weighted by molar-refractivity contribution is 7.12. The maximum Gasteiger partial charge on any atom is 0.0985 e. The molecule has 1 saturated carbocycles. The van der Waals surface area contributed by atoms with Crippen LogP contribution in [0.15, 0.2) is 0 Å². The van der Waals surface area contributed by atoms with E-state index in [1.165, 1.54) is 47.7 Å². The van der Waals surface area contributed by atoms with E-state index >= 15 is 0 Å². The predicted molar refractivity (Wildman–Crippen MR) is 93.1 cm³/mol. The van der Waals surface area contributed by atoms with Crippen molar-refractivity contribution in [2.75, 3.05) is 0 Å². The van der Waals surface area contributed by atoms with Gasteiger partial charge in [0.25, 0.3) is 0 Å². The lowest BCUT2D eigenvalue weighted by molar-refractivity contribution is 0.331. The number of nitrogens with zero attached hydrogens (tertiary/aromatic N) is 1. The molecule has 1 aromatic heterocycles. The lowest BCUT2D eigenvalue weighted by Gasteiger charge is -2.26. The van der Waals surface area contributed by atoms with Crippen molar-refractivity contribution >= 4 is 11.3 Å². The molecule has 0 radical (unpaired) electrons. The summed E-state index contributed by atoms with van der Waals surface area (Å²) in [5, 5.41) is 5.16. The molecule has 1 aromatic rings. The van der Waals surface area contributed by atoms with E-state index in [9.17, 15) is 0 Å². The quantitative estimate of drug-likeness (QED) is 0.759. The first-order valence-corrected chi connectivity index (χ1v) is 9.34. The number of rotatable bonds is 3. The van der Waals surface area contributed by atoms with E-state index in [2.05, 4.69) is 46.9 Å². The number of nitrogens with one attached hydrogen (secondary N) is 1. The number of hydrogen-bond donors (Lipinski definition) is 1. The Morgan fingerprint density at radius 1 is 1.19 bits per heavy atom. The van der Waals surface area contributed by atoms with Gasteiger partial charge in [0.1, 0.15) is 0 Å². The second-order valence-electron chi connectivity index (χ2n) is 7.83. The highest BCUT2D eigenvalue weighted by Gasteiger charge is 2.25. The van der Waals surface area contributed by atoms with Crippen LogP contribution in [0.1, 0.15) is 88.3 Å². The number of aromatic nitrogens is 1. The Kier molecular flexibility index (Phi) is 5.48. The Balaban J connectivity index is 2.09. The maximum absolute atomic E-state index is 4.81. The largest absolute Gasteiger partial charge is 0.306 e. The fourth-order valence-electron chi connectivity index (χ4n) is 3.27. The summed E-state index contributed by atoms with van der Waals surface area (Å²) in [6, 6.07) is 1.09. The van der Waals surface area contributed by atoms with E-state index in [0.29, 0.717) is 12.1 Å². The molecule has 0 bridgehead atoms. The molecule has 2 nitrogen and oxygen atoms in total. The summed E-state index contributed by atoms with van der Waals surface area (Å²) in [6.07, 6.45) is 6.89. The molecule has 0 aliphatic heterocycles. The van der Waals surface area contributed by atoms with E-state index in [4.69, 9.17) is 4.98 Å². The smallest absolute Gasteiger partial charge is 0.0985 e. The summed E-state index contributed by atoms with van der Waals surface area (Å²) in [5.41, 5.74) is 1.37. The van der Waals surface area contributed by atoms with E-state index in [-0.39, 0.29) is 5.41 Å². The predicted octanol–water partition coefficient (Wildman–Crippen LogP) is 5.37. The van der Waals surface area contributed by atoms with Gasteiger partial charge in [0.05, 0.1) is 10.7 Å². The van der Waals surface area contributed by atoms with Crippen LogP contribution >= 0.6 is 11.3 Å². The fourth-order valence-corrected chi connectivity index (χ4v) is 4.40. The third kappa shape index (κ3) is 4.29. The van der Waals surface area contributed by atoms with E-state index in [1.54, 1.807) is 0 Å². The molecular weight excluding hydrogens is 276 g/mol. The molecule has 21 heavy (non-hydrogen) atoms. The molecule has 120 valence electrons. The molecule has 1 aliphatic carbocycles. The van der Waals surface area contributed by atoms with Crippen LogP contribution in [0, 0.1) is 12.8 Å². The molecule has 0 spiro atoms. The lowest BCUT2D eigenvalue weighted by Crippen LogP contribution is -2.36. The molecular formula is C18H32N2S. The molecule has 1 heterocycles. The summed E-state index contributed by atoms with van der Waals surface area (Å²) < 4.78 is 0. The summed E-state index contributed by atoms with van der Waals surface area (Å²) in [7, 11) is 0. The first kappa shape index (κ1) is 17.0. The topological polar surface area (TPSA) is 24.9 Å². The van der Waals surface area contributed by atoms with Gasteiger partial charge in [0, 0.05) is 22.4 Å². The normalized spacial score (nSPS) is 25.6. The SMILES string of the molecule is Cc1nc(C(C)(C)C)sc1C(C)NC1CCCCCC1C. The van der Waals surface area contributed by atoms with Crippen molar-refractivity contribution in [3.8, 4) is 0 Å². The summed E-state index contributed by atoms with van der Waals surface area (Å²) in [6.45, 7) is 13.6. The van der Waals surface area contributed by atoms with Gasteiger partial charge in [-0.25, -0.2) is 4.98 Å². The monoisotopic (exact) mass is 308 g/mol. The van der Waals surface area contributed by atoms with Crippen molar-refractivity contribution in [2.45, 2.75) is 91.1 Å². The van der Waals surface area contributed by atoms with Gasteiger partial charge in [-0.05, 0) is 32.6 Å². The summed E-state index contributed by atoms with van der Waals surface area (Å²) in [4.78, 5) is 6.24. The fraction of sp³-hybridized carbons (Fsp3) is 0.833. The zero-order valence-electron chi connectivity index (χ0n) is 14.6. The van der Waals surface area contributed by atoms with Crippen LogP contribution in [0.3, 0.4) is 0 Å². The second-order valence-corrected chi connectivity index (χ2v) is 8.86. The molecule has 1 fully saturated rings. The average Bonchev–Trinajstić information content (AvgIpc) is 2.68. The van der Waals surface area contributed by atoms with E-state index in [1.807, 2.05) is 11.3 Å². The van der Waals surface area contributed by atoms with Crippen molar-refractivity contribution in [3.05, 3.63) is 15.6 Å². The van der Waals surface area contributed by atoms with E-state index < -0.39 is 0 Å². The zero-order chi connectivity index (χ0) is 15.6. The Hall–Kier alpha value is -0.410. The zero-order valence-corrected chi connectivity index (χ0v) is 15.4. The van der Waals surface area contributed by atoms with Crippen LogP contribution in [-0.2, 0) is 5.41 Å². The molecule has 3 unspecified atom stereocenters. The number of thiazole rings is 1. The molecule has 3 atom stereocenters. The molecule has 0 aromatic carbocycles. The van der Waals surface area contributed by atoms with Crippen LogP contribution in [0.25, 0.3) is 0 Å². The third-order valence-electron chi connectivity index (χ3n) is 4.69. The Labute approximate surface area is 134 Å². The maximum atomic E-state index is 4.81. The Morgan fingerprint density at radius 2 is 1.86 bits per heavy atom. The van der Waals surface area contributed by atoms with Crippen LogP contribution in [0.2, 0.25) is 0 Å². The highest BCUT2D eigenvalue weighted by Crippen LogP contribution is 2.33. The van der Waals surface area contributed by atoms with Gasteiger partial charge in [0.2, 0.25) is 0 Å². The highest BCUT2D eigenvalue weighted by atomic mass is 32.1. The van der Waals surface area contributed by atoms with Gasteiger partial charge in [-0.3, -0.25) is 0 Å². The van der Waals surface area contributed by atoms with Crippen molar-refractivity contribution in [2.24, 2.45) is 5.92 Å². The van der Waals surface area contributed by atoms with Crippen molar-refractivity contribution in [3.63, 3.8) is 0 Å². The summed E-state index contributed by atoms with van der Waals surface area (Å²) in [5.74, 6) is 0.797. The molecule has 0 amide bonds. The first-order chi connectivity index (χ1) is 9.79. The average molecular weight is 309 g/mol. The van der Waals surface area contributed by atoms with Gasteiger partial charge >= 0.3 is 0 Å². The standard InChI is InChI=1S/C18H32N2S/c1-12-10-8-7-9-11-15(12)19-13(2)16-14(3)20-17(21-16)18(4,5)6/h12-13,15,19H,7-11H2,1-6H3. The lowest BCUT2D eigenvalue weighted by atomic mass is 9.96. The minimum Gasteiger partial charge on any atom is -0.306 e. The van der Waals surface area contributed by atoms with Crippen LogP contribution in [0.4, 0.5) is 0 Å². The van der Waals surface area contributed by atoms with Crippen molar-refractivity contribution in [1.82, 2.24) is 10.3 Å². The minimum absolute atomic E-state index is 0.156. The summed E-state index contributed by atoms with van der Waals surface area (Å²) >= 11 is 1.90. The molecule has 0 saturated heterocycles. The van der Waals surface area contributed by atoms with E-state index in [0.717, 1.165) is 5.92 Å². The van der Waals surface area contributed by atoms with Crippen LogP contribution < -0.4 is 5.32 Å². The van der Waals surface area contributed by atoms with Gasteiger partial charge in [0.15, 0.2) is 0 Å². The van der Waals surface area contributed by atoms with Crippen LogP contribution in [0.5, 0.6) is 0 Å². The van der Waals surface area contributed by atoms with Gasteiger partial charge in [-0.15, -0.1) is 11.3 Å². The number of aryl methyl sites for hydroxylation is 1. The van der Waals surface area contributed by atoms with Gasteiger partial charge < -0.3 is 5.32 Å². The third-order valence-corrected chi connectivity index (χ3v) is 6.46. The van der Waals surface area contributed by atoms with Crippen molar-refractivity contribution < 1.29 is 0 Å². The van der Waals surface area contributed by atoms with Crippen LogP contribution in [-0.4, -0.2) is 11.0 Å². The van der Waals surface area contributed by atoms with Crippen molar-refractivity contribution in [1.29, 1.82) is 0 Å². The molecule has 1 aliphatic rings. The Morgan fingerprint density at radius 3 is 2.48 bits per heavy atom. The molecule has 1 N–H and O–H groups in total. The first-order valence-electron chi connectivity index (χ1n) is 8.53. The molecule has 3 heteroatoms. The molecule has 2 rings (SSSR count). The second kappa shape index (κ2) is 6.78. The Bertz CT molecular complexity index is 458. The minimum atomic E-state index is 0.156. The van der Waals surface area contributed by atoms with Gasteiger partial charge in [-0.2, -0.15) is 0 Å². The number of hydrogen-bond acceptors (Lipinski definition) is 3.